The number of carboxylic acids is 1. The summed E-state index contributed by atoms with van der Waals surface area (Å²) < 4.78 is 13.6. The first-order chi connectivity index (χ1) is 19.0. The van der Waals surface area contributed by atoms with Gasteiger partial charge in [-0.25, -0.2) is 23.8 Å². The first kappa shape index (κ1) is 25.4. The summed E-state index contributed by atoms with van der Waals surface area (Å²) >= 11 is 1.28. The fourth-order valence-corrected chi connectivity index (χ4v) is 5.93. The molecule has 7 nitrogen and oxygen atoms in total. The van der Waals surface area contributed by atoms with Gasteiger partial charge in [0.05, 0.1) is 16.3 Å². The van der Waals surface area contributed by atoms with Gasteiger partial charge >= 0.3 is 5.97 Å². The molecular formula is C30H26N4O3S2. The van der Waals surface area contributed by atoms with Crippen molar-refractivity contribution in [3.63, 3.8) is 0 Å². The van der Waals surface area contributed by atoms with Crippen molar-refractivity contribution in [1.29, 1.82) is 0 Å². The Morgan fingerprint density at radius 1 is 1.00 bits per heavy atom. The smallest absolute Gasteiger partial charge is 0.355 e. The van der Waals surface area contributed by atoms with Crippen LogP contribution in [0.5, 0.6) is 0 Å². The summed E-state index contributed by atoms with van der Waals surface area (Å²) in [5.74, 6) is -0.481. The lowest BCUT2D eigenvalue weighted by Crippen LogP contribution is -2.06. The number of nitrogens with two attached hydrogens (primary N) is 1. The highest BCUT2D eigenvalue weighted by molar-refractivity contribution is 7.82. The predicted octanol–water partition coefficient (Wildman–Crippen LogP) is 5.89. The van der Waals surface area contributed by atoms with Crippen molar-refractivity contribution in [1.82, 2.24) is 14.8 Å². The van der Waals surface area contributed by atoms with E-state index in [4.69, 9.17) is 10.2 Å². The van der Waals surface area contributed by atoms with Crippen molar-refractivity contribution in [2.75, 3.05) is 0 Å². The molecule has 196 valence electrons. The van der Waals surface area contributed by atoms with E-state index in [0.29, 0.717) is 22.4 Å². The molecule has 1 unspecified atom stereocenters. The molecule has 0 radical (unpaired) electrons. The highest BCUT2D eigenvalue weighted by atomic mass is 32.2. The fourth-order valence-electron chi connectivity index (χ4n) is 4.75. The van der Waals surface area contributed by atoms with Crippen molar-refractivity contribution in [3.8, 4) is 27.5 Å². The van der Waals surface area contributed by atoms with E-state index in [1.54, 1.807) is 17.5 Å². The maximum Gasteiger partial charge on any atom is 0.355 e. The van der Waals surface area contributed by atoms with Crippen molar-refractivity contribution in [2.45, 2.75) is 30.6 Å². The molecule has 1 aliphatic rings. The molecule has 1 fully saturated rings. The zero-order valence-electron chi connectivity index (χ0n) is 21.0. The standard InChI is InChI=1S/C30H26N4O3S2/c31-39(37)24-13-11-19(12-14-24)15-25-27(16-20-9-10-20)34(30-32-26(18-38-30)29(35)36)33-28(25)23-8-4-7-22(17-23)21-5-2-1-3-6-21/h1-8,11-14,17-18,20H,9-10,15-16,31H2,(H,35,36). The molecule has 5 aromatic rings. The lowest BCUT2D eigenvalue weighted by Gasteiger charge is -2.10. The maximum absolute atomic E-state index is 11.7. The number of carbonyl (C=O) groups is 1. The van der Waals surface area contributed by atoms with Crippen LogP contribution in [0.3, 0.4) is 0 Å². The normalized spacial score (nSPS) is 13.9. The number of benzene rings is 3. The molecule has 0 aliphatic heterocycles. The third-order valence-electron chi connectivity index (χ3n) is 6.94. The van der Waals surface area contributed by atoms with E-state index in [-0.39, 0.29) is 5.69 Å². The third-order valence-corrected chi connectivity index (χ3v) is 8.49. The first-order valence-electron chi connectivity index (χ1n) is 12.7. The van der Waals surface area contributed by atoms with Gasteiger partial charge in [-0.1, -0.05) is 60.7 Å². The summed E-state index contributed by atoms with van der Waals surface area (Å²) in [4.78, 5) is 16.6. The van der Waals surface area contributed by atoms with E-state index in [0.717, 1.165) is 45.6 Å². The van der Waals surface area contributed by atoms with E-state index in [2.05, 4.69) is 35.3 Å². The highest BCUT2D eigenvalue weighted by Crippen LogP contribution is 2.38. The summed E-state index contributed by atoms with van der Waals surface area (Å²) in [5.41, 5.74) is 7.24. The van der Waals surface area contributed by atoms with Gasteiger partial charge in [0.1, 0.15) is 11.0 Å². The molecule has 0 spiro atoms. The summed E-state index contributed by atoms with van der Waals surface area (Å²) in [6.45, 7) is 0. The Hall–Kier alpha value is -3.92. The Labute approximate surface area is 232 Å². The van der Waals surface area contributed by atoms with Crippen LogP contribution in [0.15, 0.2) is 89.1 Å². The van der Waals surface area contributed by atoms with Crippen LogP contribution in [0.1, 0.15) is 40.2 Å². The molecule has 1 atom stereocenters. The predicted molar refractivity (Wildman–Crippen MR) is 153 cm³/mol. The van der Waals surface area contributed by atoms with Crippen molar-refractivity contribution in [2.24, 2.45) is 11.1 Å². The quantitative estimate of drug-likeness (QED) is 0.236. The van der Waals surface area contributed by atoms with Crippen LogP contribution >= 0.6 is 11.3 Å². The van der Waals surface area contributed by atoms with Crippen LogP contribution in [0, 0.1) is 5.92 Å². The minimum absolute atomic E-state index is 0.0161. The van der Waals surface area contributed by atoms with E-state index < -0.39 is 17.0 Å². The molecule has 3 aromatic carbocycles. The average molecular weight is 555 g/mol. The van der Waals surface area contributed by atoms with Crippen LogP contribution in [-0.2, 0) is 23.8 Å². The first-order valence-corrected chi connectivity index (χ1v) is 14.8. The van der Waals surface area contributed by atoms with Gasteiger partial charge in [-0.2, -0.15) is 5.10 Å². The molecule has 0 bridgehead atoms. The number of hydrogen-bond acceptors (Lipinski definition) is 5. The number of rotatable bonds is 9. The number of aromatic nitrogens is 3. The number of nitrogens with zero attached hydrogens (tertiary/aromatic N) is 3. The van der Waals surface area contributed by atoms with Crippen LogP contribution < -0.4 is 5.14 Å². The Balaban J connectivity index is 1.51. The van der Waals surface area contributed by atoms with Gasteiger partial charge in [-0.05, 0) is 60.1 Å². The van der Waals surface area contributed by atoms with Gasteiger partial charge in [0.15, 0.2) is 5.69 Å². The molecule has 2 heterocycles. The second kappa shape index (κ2) is 10.7. The molecule has 0 saturated heterocycles. The molecule has 2 aromatic heterocycles. The highest BCUT2D eigenvalue weighted by Gasteiger charge is 2.29. The molecule has 39 heavy (non-hydrogen) atoms. The second-order valence-corrected chi connectivity index (χ2v) is 11.6. The molecule has 0 amide bonds. The van der Waals surface area contributed by atoms with Crippen molar-refractivity contribution >= 4 is 28.3 Å². The topological polar surface area (TPSA) is 111 Å². The largest absolute Gasteiger partial charge is 0.476 e. The molecule has 1 aliphatic carbocycles. The van der Waals surface area contributed by atoms with E-state index in [1.165, 1.54) is 24.2 Å². The Bertz CT molecular complexity index is 1670. The fraction of sp³-hybridized carbons (Fsp3) is 0.167. The van der Waals surface area contributed by atoms with Gasteiger partial charge in [-0.3, -0.25) is 0 Å². The second-order valence-electron chi connectivity index (χ2n) is 9.72. The lowest BCUT2D eigenvalue weighted by molar-refractivity contribution is 0.0691. The SMILES string of the molecule is NS(=O)c1ccc(Cc2c(-c3cccc(-c4ccccc4)c3)nn(-c3nc(C(=O)O)cs3)c2CC2CC2)cc1. The number of thiazole rings is 1. The number of hydrogen-bond donors (Lipinski definition) is 2. The minimum Gasteiger partial charge on any atom is -0.476 e. The molecule has 6 rings (SSSR count). The summed E-state index contributed by atoms with van der Waals surface area (Å²) in [5, 5.41) is 22.2. The zero-order valence-corrected chi connectivity index (χ0v) is 22.6. The number of aromatic carboxylic acids is 1. The lowest BCUT2D eigenvalue weighted by atomic mass is 9.95. The Morgan fingerprint density at radius 3 is 2.38 bits per heavy atom. The molecule has 3 N–H and O–H groups in total. The van der Waals surface area contributed by atoms with E-state index in [9.17, 15) is 14.1 Å². The van der Waals surface area contributed by atoms with E-state index in [1.807, 2.05) is 41.1 Å². The van der Waals surface area contributed by atoms with Crippen LogP contribution in [-0.4, -0.2) is 30.0 Å². The van der Waals surface area contributed by atoms with Gasteiger partial charge in [0.2, 0.25) is 5.13 Å². The Kier molecular flexibility index (Phi) is 6.95. The van der Waals surface area contributed by atoms with Gasteiger partial charge in [0.25, 0.3) is 0 Å². The summed E-state index contributed by atoms with van der Waals surface area (Å²) in [7, 11) is -1.54. The Morgan fingerprint density at radius 2 is 1.72 bits per heavy atom. The average Bonchev–Trinajstić information content (AvgIpc) is 3.51. The molecule has 1 saturated carbocycles. The summed E-state index contributed by atoms with van der Waals surface area (Å²) in [6, 6.07) is 26.1. The van der Waals surface area contributed by atoms with Crippen LogP contribution in [0.4, 0.5) is 0 Å². The van der Waals surface area contributed by atoms with Crippen LogP contribution in [0.25, 0.3) is 27.5 Å². The van der Waals surface area contributed by atoms with Gasteiger partial charge in [0, 0.05) is 22.9 Å². The summed E-state index contributed by atoms with van der Waals surface area (Å²) in [6.07, 6.45) is 3.78. The van der Waals surface area contributed by atoms with E-state index >= 15 is 0 Å². The van der Waals surface area contributed by atoms with Crippen molar-refractivity contribution < 1.29 is 14.1 Å². The maximum atomic E-state index is 11.7. The monoisotopic (exact) mass is 554 g/mol. The van der Waals surface area contributed by atoms with Crippen LogP contribution in [0.2, 0.25) is 0 Å². The molecular weight excluding hydrogens is 528 g/mol. The zero-order chi connectivity index (χ0) is 26.9. The molecule has 9 heteroatoms. The van der Waals surface area contributed by atoms with Gasteiger partial charge < -0.3 is 5.11 Å². The van der Waals surface area contributed by atoms with Crippen molar-refractivity contribution in [3.05, 3.63) is 107 Å². The minimum atomic E-state index is -1.54. The third kappa shape index (κ3) is 5.47. The number of carboxylic acid groups (broad SMARTS) is 1. The van der Waals surface area contributed by atoms with Gasteiger partial charge in [-0.15, -0.1) is 11.3 Å².